The summed E-state index contributed by atoms with van der Waals surface area (Å²) in [5.74, 6) is 2.90. The summed E-state index contributed by atoms with van der Waals surface area (Å²) in [6.45, 7) is 6.75. The molecular weight excluding hydrogens is 324 g/mol. The van der Waals surface area contributed by atoms with E-state index in [1.165, 1.54) is 5.56 Å². The van der Waals surface area contributed by atoms with E-state index >= 15 is 0 Å². The molecule has 2 aromatic heterocycles. The summed E-state index contributed by atoms with van der Waals surface area (Å²) in [6.07, 6.45) is 0. The molecule has 2 heterocycles. The summed E-state index contributed by atoms with van der Waals surface area (Å²) in [7, 11) is 3.64. The van der Waals surface area contributed by atoms with Gasteiger partial charge < -0.3 is 19.9 Å². The van der Waals surface area contributed by atoms with Crippen LogP contribution in [0.5, 0.6) is 0 Å². The van der Waals surface area contributed by atoms with Crippen molar-refractivity contribution >= 4 is 17.3 Å². The second-order valence-corrected chi connectivity index (χ2v) is 6.43. The molecule has 2 rings (SSSR count). The lowest BCUT2D eigenvalue weighted by Crippen LogP contribution is -2.40. The van der Waals surface area contributed by atoms with Crippen LogP contribution in [-0.4, -0.2) is 47.5 Å². The zero-order valence-electron chi connectivity index (χ0n) is 14.7. The lowest BCUT2D eigenvalue weighted by Gasteiger charge is -2.16. The van der Waals surface area contributed by atoms with Crippen LogP contribution >= 0.6 is 11.3 Å². The minimum atomic E-state index is 0.419. The standard InChI is InChI=1S/C16H26N6OS/c1-12(14-5-8-24-11-14)9-18-16(17-6-7-23-4)19-10-15-21-20-13(2)22(15)3/h5,8,11-12H,6-7,9-10H2,1-4H3,(H2,17,18,19). The van der Waals surface area contributed by atoms with E-state index in [0.29, 0.717) is 25.6 Å². The van der Waals surface area contributed by atoms with E-state index in [9.17, 15) is 0 Å². The second-order valence-electron chi connectivity index (χ2n) is 5.65. The van der Waals surface area contributed by atoms with Crippen molar-refractivity contribution in [3.8, 4) is 0 Å². The van der Waals surface area contributed by atoms with Gasteiger partial charge in [-0.3, -0.25) is 0 Å². The highest BCUT2D eigenvalue weighted by molar-refractivity contribution is 7.07. The van der Waals surface area contributed by atoms with Crippen LogP contribution in [0.15, 0.2) is 21.8 Å². The maximum atomic E-state index is 5.09. The van der Waals surface area contributed by atoms with Crippen molar-refractivity contribution in [2.45, 2.75) is 26.3 Å². The normalized spacial score (nSPS) is 13.1. The van der Waals surface area contributed by atoms with Gasteiger partial charge in [0.25, 0.3) is 0 Å². The van der Waals surface area contributed by atoms with E-state index in [0.717, 1.165) is 24.2 Å². The molecule has 0 spiro atoms. The fourth-order valence-corrected chi connectivity index (χ4v) is 2.89. The zero-order chi connectivity index (χ0) is 17.4. The quantitative estimate of drug-likeness (QED) is 0.430. The van der Waals surface area contributed by atoms with Crippen molar-refractivity contribution in [2.75, 3.05) is 26.8 Å². The minimum Gasteiger partial charge on any atom is -0.383 e. The molecule has 8 heteroatoms. The molecule has 0 aliphatic carbocycles. The molecule has 0 saturated heterocycles. The predicted octanol–water partition coefficient (Wildman–Crippen LogP) is 1.67. The number of aryl methyl sites for hydroxylation is 1. The first-order valence-electron chi connectivity index (χ1n) is 8.00. The summed E-state index contributed by atoms with van der Waals surface area (Å²) < 4.78 is 7.04. The van der Waals surface area contributed by atoms with E-state index < -0.39 is 0 Å². The third kappa shape index (κ3) is 5.31. The molecule has 132 valence electrons. The Bertz CT molecular complexity index is 637. The van der Waals surface area contributed by atoms with Gasteiger partial charge in [-0.1, -0.05) is 6.92 Å². The van der Waals surface area contributed by atoms with E-state index in [-0.39, 0.29) is 0 Å². The van der Waals surface area contributed by atoms with Gasteiger partial charge in [-0.05, 0) is 35.2 Å². The van der Waals surface area contributed by atoms with Gasteiger partial charge >= 0.3 is 0 Å². The highest BCUT2D eigenvalue weighted by atomic mass is 32.1. The molecule has 7 nitrogen and oxygen atoms in total. The number of hydrogen-bond donors (Lipinski definition) is 2. The number of guanidine groups is 1. The van der Waals surface area contributed by atoms with Crippen molar-refractivity contribution in [1.29, 1.82) is 0 Å². The highest BCUT2D eigenvalue weighted by Gasteiger charge is 2.08. The van der Waals surface area contributed by atoms with Crippen LogP contribution < -0.4 is 10.6 Å². The lowest BCUT2D eigenvalue weighted by molar-refractivity contribution is 0.203. The highest BCUT2D eigenvalue weighted by Crippen LogP contribution is 2.16. The van der Waals surface area contributed by atoms with Gasteiger partial charge in [-0.2, -0.15) is 11.3 Å². The van der Waals surface area contributed by atoms with Crippen LogP contribution in [0, 0.1) is 6.92 Å². The maximum Gasteiger partial charge on any atom is 0.191 e. The summed E-state index contributed by atoms with van der Waals surface area (Å²) in [6, 6.07) is 2.16. The summed E-state index contributed by atoms with van der Waals surface area (Å²) in [5, 5.41) is 19.2. The molecule has 0 aliphatic heterocycles. The molecule has 2 aromatic rings. The number of hydrogen-bond acceptors (Lipinski definition) is 5. The minimum absolute atomic E-state index is 0.419. The third-order valence-corrected chi connectivity index (χ3v) is 4.55. The van der Waals surface area contributed by atoms with Crippen LogP contribution in [0.25, 0.3) is 0 Å². The second kappa shape index (κ2) is 9.39. The molecule has 0 aromatic carbocycles. The van der Waals surface area contributed by atoms with Crippen molar-refractivity contribution in [3.05, 3.63) is 34.0 Å². The molecule has 0 fully saturated rings. The Balaban J connectivity index is 1.95. The third-order valence-electron chi connectivity index (χ3n) is 3.85. The largest absolute Gasteiger partial charge is 0.383 e. The van der Waals surface area contributed by atoms with Crippen LogP contribution in [0.2, 0.25) is 0 Å². The number of methoxy groups -OCH3 is 1. The average molecular weight is 350 g/mol. The maximum absolute atomic E-state index is 5.09. The molecule has 0 radical (unpaired) electrons. The summed E-state index contributed by atoms with van der Waals surface area (Å²) in [5.41, 5.74) is 1.34. The van der Waals surface area contributed by atoms with E-state index in [4.69, 9.17) is 4.74 Å². The molecule has 2 N–H and O–H groups in total. The van der Waals surface area contributed by atoms with Gasteiger partial charge in [0, 0.05) is 27.2 Å². The van der Waals surface area contributed by atoms with Crippen LogP contribution in [0.1, 0.15) is 30.1 Å². The summed E-state index contributed by atoms with van der Waals surface area (Å²) >= 11 is 1.72. The van der Waals surface area contributed by atoms with Gasteiger partial charge in [0.1, 0.15) is 12.4 Å². The number of nitrogens with zero attached hydrogens (tertiary/aromatic N) is 4. The molecule has 0 saturated carbocycles. The molecule has 1 unspecified atom stereocenters. The first-order valence-corrected chi connectivity index (χ1v) is 8.94. The van der Waals surface area contributed by atoms with E-state index in [1.54, 1.807) is 18.4 Å². The van der Waals surface area contributed by atoms with E-state index in [2.05, 4.69) is 49.6 Å². The smallest absolute Gasteiger partial charge is 0.191 e. The Morgan fingerprint density at radius 3 is 2.88 bits per heavy atom. The SMILES string of the molecule is COCCNC(=NCc1nnc(C)n1C)NCC(C)c1ccsc1. The van der Waals surface area contributed by atoms with Gasteiger partial charge in [-0.25, -0.2) is 4.99 Å². The predicted molar refractivity (Wildman–Crippen MR) is 97.5 cm³/mol. The number of rotatable bonds is 8. The Morgan fingerprint density at radius 1 is 1.42 bits per heavy atom. The number of ether oxygens (including phenoxy) is 1. The van der Waals surface area contributed by atoms with Crippen molar-refractivity contribution in [1.82, 2.24) is 25.4 Å². The monoisotopic (exact) mass is 350 g/mol. The fraction of sp³-hybridized carbons (Fsp3) is 0.562. The summed E-state index contributed by atoms with van der Waals surface area (Å²) in [4.78, 5) is 4.61. The van der Waals surface area contributed by atoms with Gasteiger partial charge in [0.05, 0.1) is 6.61 Å². The van der Waals surface area contributed by atoms with Gasteiger partial charge in [0.2, 0.25) is 0 Å². The van der Waals surface area contributed by atoms with E-state index in [1.807, 2.05) is 18.5 Å². The fourth-order valence-electron chi connectivity index (χ4n) is 2.11. The topological polar surface area (TPSA) is 76.4 Å². The molecular formula is C16H26N6OS. The van der Waals surface area contributed by atoms with Crippen molar-refractivity contribution in [2.24, 2.45) is 12.0 Å². The Labute approximate surface area is 147 Å². The number of aromatic nitrogens is 3. The molecule has 0 bridgehead atoms. The number of thiophene rings is 1. The Morgan fingerprint density at radius 2 is 2.25 bits per heavy atom. The Kier molecular flexibility index (Phi) is 7.20. The molecule has 0 aliphatic rings. The van der Waals surface area contributed by atoms with Gasteiger partial charge in [-0.15, -0.1) is 10.2 Å². The zero-order valence-corrected chi connectivity index (χ0v) is 15.6. The van der Waals surface area contributed by atoms with Crippen LogP contribution in [0.3, 0.4) is 0 Å². The van der Waals surface area contributed by atoms with Crippen molar-refractivity contribution in [3.63, 3.8) is 0 Å². The molecule has 24 heavy (non-hydrogen) atoms. The first-order chi connectivity index (χ1) is 11.6. The molecule has 0 amide bonds. The van der Waals surface area contributed by atoms with Crippen LogP contribution in [-0.2, 0) is 18.3 Å². The van der Waals surface area contributed by atoms with Crippen molar-refractivity contribution < 1.29 is 4.74 Å². The number of nitrogens with one attached hydrogen (secondary N) is 2. The van der Waals surface area contributed by atoms with Gasteiger partial charge in [0.15, 0.2) is 11.8 Å². The number of aliphatic imine (C=N–C) groups is 1. The lowest BCUT2D eigenvalue weighted by atomic mass is 10.1. The Hall–Kier alpha value is -1.93. The van der Waals surface area contributed by atoms with Crippen LogP contribution in [0.4, 0.5) is 0 Å². The molecule has 1 atom stereocenters. The average Bonchev–Trinajstić information content (AvgIpc) is 3.22. The first kappa shape index (κ1) is 18.4.